The van der Waals surface area contributed by atoms with Crippen molar-refractivity contribution in [3.63, 3.8) is 0 Å². The topological polar surface area (TPSA) is 78.4 Å². The van der Waals surface area contributed by atoms with Crippen molar-refractivity contribution in [1.29, 1.82) is 0 Å². The number of hydrogen-bond acceptors (Lipinski definition) is 3. The normalized spacial score (nSPS) is 12.5. The maximum absolute atomic E-state index is 12.5. The molecule has 2 atom stereocenters. The fraction of sp³-hybridized carbons (Fsp3) is 0.294. The van der Waals surface area contributed by atoms with Crippen LogP contribution in [0.2, 0.25) is 0 Å². The Bertz CT molecular complexity index is 580. The van der Waals surface area contributed by atoms with Gasteiger partial charge >= 0.3 is 0 Å². The zero-order valence-corrected chi connectivity index (χ0v) is 13.4. The SMILES string of the molecule is C#C/C=C/c1ccc(C(=O)NC(C)C(C)C(F)F)cc1.O=CNO. The summed E-state index contributed by atoms with van der Waals surface area (Å²) in [7, 11) is 0. The van der Waals surface area contributed by atoms with Crippen molar-refractivity contribution in [2.45, 2.75) is 26.3 Å². The molecule has 2 amide bonds. The Morgan fingerprint density at radius 2 is 1.83 bits per heavy atom. The van der Waals surface area contributed by atoms with Gasteiger partial charge in [0.1, 0.15) is 0 Å². The van der Waals surface area contributed by atoms with Gasteiger partial charge < -0.3 is 5.32 Å². The first-order chi connectivity index (χ1) is 11.4. The Morgan fingerprint density at radius 1 is 1.29 bits per heavy atom. The second kappa shape index (κ2) is 11.8. The first-order valence-electron chi connectivity index (χ1n) is 7.02. The Labute approximate surface area is 139 Å². The number of alkyl halides is 2. The van der Waals surface area contributed by atoms with E-state index >= 15 is 0 Å². The molecule has 3 N–H and O–H groups in total. The first kappa shape index (κ1) is 21.3. The van der Waals surface area contributed by atoms with Crippen molar-refractivity contribution < 1.29 is 23.6 Å². The van der Waals surface area contributed by atoms with Crippen LogP contribution in [0.4, 0.5) is 8.78 Å². The van der Waals surface area contributed by atoms with E-state index < -0.39 is 18.4 Å². The van der Waals surface area contributed by atoms with Crippen LogP contribution in [0.25, 0.3) is 6.08 Å². The van der Waals surface area contributed by atoms with E-state index in [9.17, 15) is 13.6 Å². The highest BCUT2D eigenvalue weighted by Gasteiger charge is 2.23. The predicted octanol–water partition coefficient (Wildman–Crippen LogP) is 2.47. The minimum atomic E-state index is -2.46. The van der Waals surface area contributed by atoms with E-state index in [0.717, 1.165) is 5.56 Å². The Kier molecular flexibility index (Phi) is 10.5. The van der Waals surface area contributed by atoms with Gasteiger partial charge in [-0.2, -0.15) is 0 Å². The van der Waals surface area contributed by atoms with Gasteiger partial charge in [0.25, 0.3) is 5.91 Å². The second-order valence-corrected chi connectivity index (χ2v) is 4.82. The number of terminal acetylenes is 1. The van der Waals surface area contributed by atoms with E-state index in [0.29, 0.717) is 5.56 Å². The summed E-state index contributed by atoms with van der Waals surface area (Å²) in [5, 5.41) is 9.83. The predicted molar refractivity (Wildman–Crippen MR) is 87.4 cm³/mol. The summed E-state index contributed by atoms with van der Waals surface area (Å²) >= 11 is 0. The third kappa shape index (κ3) is 8.06. The number of rotatable bonds is 6. The molecule has 0 saturated heterocycles. The molecule has 2 unspecified atom stereocenters. The number of allylic oxidation sites excluding steroid dienone is 1. The number of carbonyl (C=O) groups excluding carboxylic acids is 2. The zero-order chi connectivity index (χ0) is 18.5. The second-order valence-electron chi connectivity index (χ2n) is 4.82. The number of nitrogens with one attached hydrogen (secondary N) is 2. The van der Waals surface area contributed by atoms with Crippen molar-refractivity contribution in [2.75, 3.05) is 0 Å². The van der Waals surface area contributed by atoms with Crippen LogP contribution >= 0.6 is 0 Å². The minimum Gasteiger partial charge on any atom is -0.349 e. The molecule has 0 aromatic heterocycles. The van der Waals surface area contributed by atoms with E-state index in [4.69, 9.17) is 16.4 Å². The van der Waals surface area contributed by atoms with E-state index in [-0.39, 0.29) is 12.3 Å². The quantitative estimate of drug-likeness (QED) is 0.323. The van der Waals surface area contributed by atoms with Gasteiger partial charge in [0, 0.05) is 17.5 Å². The van der Waals surface area contributed by atoms with E-state index in [2.05, 4.69) is 11.2 Å². The highest BCUT2D eigenvalue weighted by atomic mass is 19.3. The molecule has 1 rings (SSSR count). The van der Waals surface area contributed by atoms with Gasteiger partial charge in [0.15, 0.2) is 0 Å². The molecule has 5 nitrogen and oxygen atoms in total. The molecule has 0 saturated carbocycles. The molecule has 0 aliphatic heterocycles. The molecule has 0 aliphatic rings. The summed E-state index contributed by atoms with van der Waals surface area (Å²) in [6.07, 6.45) is 6.12. The van der Waals surface area contributed by atoms with Crippen molar-refractivity contribution in [3.05, 3.63) is 41.5 Å². The van der Waals surface area contributed by atoms with Crippen LogP contribution in [-0.2, 0) is 4.79 Å². The van der Waals surface area contributed by atoms with Crippen LogP contribution in [0.3, 0.4) is 0 Å². The molecule has 1 aromatic carbocycles. The largest absolute Gasteiger partial charge is 0.349 e. The average molecular weight is 338 g/mol. The molecular formula is C17H20F2N2O3. The fourth-order valence-corrected chi connectivity index (χ4v) is 1.53. The molecule has 0 fully saturated rings. The van der Waals surface area contributed by atoms with Crippen molar-refractivity contribution in [1.82, 2.24) is 10.8 Å². The zero-order valence-electron chi connectivity index (χ0n) is 13.4. The van der Waals surface area contributed by atoms with Crippen molar-refractivity contribution in [3.8, 4) is 12.3 Å². The van der Waals surface area contributed by atoms with Gasteiger partial charge in [0.05, 0.1) is 0 Å². The highest BCUT2D eigenvalue weighted by Crippen LogP contribution is 2.14. The van der Waals surface area contributed by atoms with E-state index in [1.807, 2.05) is 0 Å². The number of hydrogen-bond donors (Lipinski definition) is 3. The van der Waals surface area contributed by atoms with Gasteiger partial charge in [-0.25, -0.2) is 14.3 Å². The summed E-state index contributed by atoms with van der Waals surface area (Å²) in [4.78, 5) is 20.7. The summed E-state index contributed by atoms with van der Waals surface area (Å²) in [5.41, 5.74) is 2.55. The van der Waals surface area contributed by atoms with E-state index in [1.54, 1.807) is 43.3 Å². The third-order valence-electron chi connectivity index (χ3n) is 3.14. The van der Waals surface area contributed by atoms with Gasteiger partial charge in [-0.1, -0.05) is 25.0 Å². The maximum atomic E-state index is 12.5. The molecule has 7 heteroatoms. The van der Waals surface area contributed by atoms with Crippen LogP contribution in [0.15, 0.2) is 30.3 Å². The Hall–Kier alpha value is -2.72. The van der Waals surface area contributed by atoms with Gasteiger partial charge in [-0.3, -0.25) is 14.8 Å². The summed E-state index contributed by atoms with van der Waals surface area (Å²) < 4.78 is 25.1. The number of carbonyl (C=O) groups is 2. The lowest BCUT2D eigenvalue weighted by Gasteiger charge is -2.20. The molecule has 0 bridgehead atoms. The molecule has 0 radical (unpaired) electrons. The molecule has 0 spiro atoms. The van der Waals surface area contributed by atoms with Gasteiger partial charge in [-0.15, -0.1) is 6.42 Å². The molecule has 24 heavy (non-hydrogen) atoms. The third-order valence-corrected chi connectivity index (χ3v) is 3.14. The van der Waals surface area contributed by atoms with Crippen molar-refractivity contribution in [2.24, 2.45) is 5.92 Å². The lowest BCUT2D eigenvalue weighted by molar-refractivity contribution is -0.116. The Balaban J connectivity index is 0.00000118. The summed E-state index contributed by atoms with van der Waals surface area (Å²) in [6, 6.07) is 6.15. The van der Waals surface area contributed by atoms with Gasteiger partial charge in [0.2, 0.25) is 12.8 Å². The number of amides is 2. The average Bonchev–Trinajstić information content (AvgIpc) is 2.59. The van der Waals surface area contributed by atoms with Crippen LogP contribution in [0.5, 0.6) is 0 Å². The lowest BCUT2D eigenvalue weighted by Crippen LogP contribution is -2.39. The van der Waals surface area contributed by atoms with Crippen LogP contribution in [0.1, 0.15) is 29.8 Å². The maximum Gasteiger partial charge on any atom is 0.251 e. The fourth-order valence-electron chi connectivity index (χ4n) is 1.53. The molecular weight excluding hydrogens is 318 g/mol. The molecule has 0 aliphatic carbocycles. The smallest absolute Gasteiger partial charge is 0.251 e. The summed E-state index contributed by atoms with van der Waals surface area (Å²) in [6.45, 7) is 2.97. The Morgan fingerprint density at radius 3 is 2.25 bits per heavy atom. The molecule has 130 valence electrons. The summed E-state index contributed by atoms with van der Waals surface area (Å²) in [5.74, 6) is 1.12. The van der Waals surface area contributed by atoms with Crippen LogP contribution in [0, 0.1) is 18.3 Å². The van der Waals surface area contributed by atoms with Gasteiger partial charge in [-0.05, 0) is 36.8 Å². The standard InChI is InChI=1S/C16H17F2NO.CH3NO2/c1-4-5-6-13-7-9-14(10-8-13)16(20)19-12(3)11(2)15(17)18;3-1-2-4/h1,5-12,15H,2-3H3,(H,19,20);1,4H,(H,2,3)/b6-5+;. The first-order valence-corrected chi connectivity index (χ1v) is 7.02. The molecule has 0 heterocycles. The minimum absolute atomic E-state index is 0.181. The van der Waals surface area contributed by atoms with E-state index in [1.165, 1.54) is 12.4 Å². The van der Waals surface area contributed by atoms with Crippen molar-refractivity contribution >= 4 is 18.4 Å². The molecule has 1 aromatic rings. The number of benzene rings is 1. The lowest BCUT2D eigenvalue weighted by atomic mass is 10.0. The monoisotopic (exact) mass is 338 g/mol. The van der Waals surface area contributed by atoms with Crippen LogP contribution in [-0.4, -0.2) is 30.0 Å². The van der Waals surface area contributed by atoms with Crippen LogP contribution < -0.4 is 10.8 Å². The highest BCUT2D eigenvalue weighted by molar-refractivity contribution is 5.94. The number of halogens is 2. The number of hydroxylamine groups is 1.